The zero-order valence-electron chi connectivity index (χ0n) is 17.6. The van der Waals surface area contributed by atoms with Crippen LogP contribution in [0.25, 0.3) is 0 Å². The topological polar surface area (TPSA) is 71.0 Å². The summed E-state index contributed by atoms with van der Waals surface area (Å²) >= 11 is 0. The van der Waals surface area contributed by atoms with E-state index in [0.717, 1.165) is 11.6 Å². The van der Waals surface area contributed by atoms with E-state index in [1.165, 1.54) is 19.2 Å². The van der Waals surface area contributed by atoms with Crippen LogP contribution in [0.2, 0.25) is 0 Å². The van der Waals surface area contributed by atoms with Gasteiger partial charge >= 0.3 is 12.1 Å². The van der Waals surface area contributed by atoms with Gasteiger partial charge in [-0.1, -0.05) is 6.07 Å². The Morgan fingerprint density at radius 2 is 2.06 bits per heavy atom. The number of alkyl halides is 3. The highest BCUT2D eigenvalue weighted by Crippen LogP contribution is 2.33. The van der Waals surface area contributed by atoms with Crippen molar-refractivity contribution in [3.8, 4) is 5.75 Å². The number of hydrogen-bond donors (Lipinski definition) is 2. The number of rotatable bonds is 7. The minimum Gasteiger partial charge on any atom is -0.494 e. The van der Waals surface area contributed by atoms with Crippen LogP contribution in [0.3, 0.4) is 0 Å². The zero-order valence-corrected chi connectivity index (χ0v) is 17.6. The van der Waals surface area contributed by atoms with Crippen molar-refractivity contribution in [1.29, 1.82) is 0 Å². The molecular weight excluding hydrogens is 432 g/mol. The molecule has 2 N–H and O–H groups in total. The highest BCUT2D eigenvalue weighted by atomic mass is 19.4. The van der Waals surface area contributed by atoms with Crippen molar-refractivity contribution >= 4 is 11.7 Å². The van der Waals surface area contributed by atoms with Crippen LogP contribution in [0.15, 0.2) is 36.4 Å². The van der Waals surface area contributed by atoms with Gasteiger partial charge in [-0.25, -0.2) is 9.18 Å². The Morgan fingerprint density at radius 3 is 2.72 bits per heavy atom. The molecule has 32 heavy (non-hydrogen) atoms. The lowest BCUT2D eigenvalue weighted by atomic mass is 10.1. The van der Waals surface area contributed by atoms with E-state index in [9.17, 15) is 27.5 Å². The van der Waals surface area contributed by atoms with Gasteiger partial charge in [-0.15, -0.1) is 0 Å². The highest BCUT2D eigenvalue weighted by Gasteiger charge is 2.33. The molecule has 1 heterocycles. The first-order chi connectivity index (χ1) is 15.1. The molecule has 0 bridgehead atoms. The maximum absolute atomic E-state index is 13.6. The Morgan fingerprint density at radius 1 is 1.31 bits per heavy atom. The minimum absolute atomic E-state index is 0.134. The lowest BCUT2D eigenvalue weighted by Crippen LogP contribution is -2.47. The average molecular weight is 456 g/mol. The van der Waals surface area contributed by atoms with E-state index in [1.54, 1.807) is 17.0 Å². The Hall–Kier alpha value is -2.85. The summed E-state index contributed by atoms with van der Waals surface area (Å²) < 4.78 is 64.0. The summed E-state index contributed by atoms with van der Waals surface area (Å²) in [5, 5.41) is 12.5. The number of methoxy groups -OCH3 is 1. The molecule has 2 atom stereocenters. The summed E-state index contributed by atoms with van der Waals surface area (Å²) in [6, 6.07) is 7.21. The van der Waals surface area contributed by atoms with Gasteiger partial charge < -0.3 is 24.8 Å². The SMILES string of the molecule is COc1cc([C@@H](C)NCC2CN(c3cc(C(=O)O)cc(C(F)(F)F)c3)CCO2)ccc1F. The van der Waals surface area contributed by atoms with Crippen molar-refractivity contribution in [2.45, 2.75) is 25.2 Å². The zero-order chi connectivity index (χ0) is 23.5. The summed E-state index contributed by atoms with van der Waals surface area (Å²) in [7, 11) is 1.38. The fourth-order valence-electron chi connectivity index (χ4n) is 3.53. The summed E-state index contributed by atoms with van der Waals surface area (Å²) in [5.74, 6) is -1.75. The number of ether oxygens (including phenoxy) is 2. The third-order valence-electron chi connectivity index (χ3n) is 5.32. The second-order valence-corrected chi connectivity index (χ2v) is 7.53. The van der Waals surface area contributed by atoms with Crippen molar-refractivity contribution in [3.63, 3.8) is 0 Å². The highest BCUT2D eigenvalue weighted by molar-refractivity contribution is 5.89. The first-order valence-corrected chi connectivity index (χ1v) is 9.97. The third-order valence-corrected chi connectivity index (χ3v) is 5.32. The van der Waals surface area contributed by atoms with Crippen LogP contribution >= 0.6 is 0 Å². The molecule has 0 aromatic heterocycles. The number of nitrogens with zero attached hydrogens (tertiary/aromatic N) is 1. The molecule has 1 unspecified atom stereocenters. The maximum Gasteiger partial charge on any atom is 0.416 e. The van der Waals surface area contributed by atoms with Crippen molar-refractivity contribution in [2.75, 3.05) is 38.3 Å². The molecular formula is C22H24F4N2O4. The van der Waals surface area contributed by atoms with Gasteiger partial charge in [0.15, 0.2) is 11.6 Å². The van der Waals surface area contributed by atoms with Crippen LogP contribution in [0.5, 0.6) is 5.75 Å². The summed E-state index contributed by atoms with van der Waals surface area (Å²) in [6.45, 7) is 3.18. The number of aromatic carboxylic acids is 1. The van der Waals surface area contributed by atoms with Crippen molar-refractivity contribution in [1.82, 2.24) is 5.32 Å². The van der Waals surface area contributed by atoms with E-state index in [0.29, 0.717) is 19.2 Å². The molecule has 0 spiro atoms. The van der Waals surface area contributed by atoms with Crippen LogP contribution in [-0.2, 0) is 10.9 Å². The maximum atomic E-state index is 13.6. The standard InChI is InChI=1S/C22H24F4N2O4/c1-13(14-3-4-19(23)20(9-14)31-2)27-11-18-12-28(5-6-32-18)17-8-15(21(29)30)7-16(10-17)22(24,25)26/h3-4,7-10,13,18,27H,5-6,11-12H2,1-2H3,(H,29,30)/t13-,18?/m1/s1. The molecule has 1 saturated heterocycles. The number of carboxylic acids is 1. The number of benzene rings is 2. The van der Waals surface area contributed by atoms with E-state index >= 15 is 0 Å². The van der Waals surface area contributed by atoms with Gasteiger partial charge in [-0.3, -0.25) is 0 Å². The Kier molecular flexibility index (Phi) is 7.25. The first-order valence-electron chi connectivity index (χ1n) is 9.97. The molecule has 0 radical (unpaired) electrons. The van der Waals surface area contributed by atoms with E-state index in [-0.39, 0.29) is 36.7 Å². The summed E-state index contributed by atoms with van der Waals surface area (Å²) in [5.41, 5.74) is -0.441. The minimum atomic E-state index is -4.65. The fraction of sp³-hybridized carbons (Fsp3) is 0.409. The molecule has 2 aromatic rings. The number of nitrogens with one attached hydrogen (secondary N) is 1. The number of anilines is 1. The van der Waals surface area contributed by atoms with Crippen LogP contribution in [0.1, 0.15) is 34.5 Å². The monoisotopic (exact) mass is 456 g/mol. The Bertz CT molecular complexity index is 967. The van der Waals surface area contributed by atoms with Gasteiger partial charge in [0.1, 0.15) is 0 Å². The van der Waals surface area contributed by atoms with Gasteiger partial charge in [0.25, 0.3) is 0 Å². The normalized spacial score (nSPS) is 17.8. The number of carboxylic acid groups (broad SMARTS) is 1. The lowest BCUT2D eigenvalue weighted by molar-refractivity contribution is -0.137. The van der Waals surface area contributed by atoms with Gasteiger partial charge in [-0.2, -0.15) is 13.2 Å². The second-order valence-electron chi connectivity index (χ2n) is 7.53. The molecule has 0 saturated carbocycles. The van der Waals surface area contributed by atoms with E-state index < -0.39 is 29.1 Å². The lowest BCUT2D eigenvalue weighted by Gasteiger charge is -2.35. The van der Waals surface area contributed by atoms with E-state index in [1.807, 2.05) is 6.92 Å². The summed E-state index contributed by atoms with van der Waals surface area (Å²) in [4.78, 5) is 13.0. The van der Waals surface area contributed by atoms with Crippen LogP contribution in [-0.4, -0.2) is 50.5 Å². The van der Waals surface area contributed by atoms with E-state index in [2.05, 4.69) is 5.32 Å². The Labute approximate surface area is 182 Å². The molecule has 1 aliphatic heterocycles. The van der Waals surface area contributed by atoms with Crippen molar-refractivity contribution < 1.29 is 36.9 Å². The fourth-order valence-corrected chi connectivity index (χ4v) is 3.53. The third kappa shape index (κ3) is 5.68. The average Bonchev–Trinajstić information content (AvgIpc) is 2.77. The number of carbonyl (C=O) groups is 1. The second kappa shape index (κ2) is 9.74. The van der Waals surface area contributed by atoms with Crippen LogP contribution < -0.4 is 15.0 Å². The molecule has 1 aliphatic rings. The van der Waals surface area contributed by atoms with E-state index in [4.69, 9.17) is 9.47 Å². The van der Waals surface area contributed by atoms with Gasteiger partial charge in [0.2, 0.25) is 0 Å². The molecule has 2 aromatic carbocycles. The predicted molar refractivity (Wildman–Crippen MR) is 110 cm³/mol. The molecule has 0 aliphatic carbocycles. The number of hydrogen-bond acceptors (Lipinski definition) is 5. The number of halogens is 4. The largest absolute Gasteiger partial charge is 0.494 e. The smallest absolute Gasteiger partial charge is 0.416 e. The van der Waals surface area contributed by atoms with Gasteiger partial charge in [0, 0.05) is 31.4 Å². The van der Waals surface area contributed by atoms with Crippen LogP contribution in [0, 0.1) is 5.82 Å². The van der Waals surface area contributed by atoms with Gasteiger partial charge in [-0.05, 0) is 42.8 Å². The molecule has 1 fully saturated rings. The van der Waals surface area contributed by atoms with Crippen molar-refractivity contribution in [2.24, 2.45) is 0 Å². The molecule has 6 nitrogen and oxygen atoms in total. The first kappa shape index (κ1) is 23.8. The number of morpholine rings is 1. The Balaban J connectivity index is 1.69. The quantitative estimate of drug-likeness (QED) is 0.612. The van der Waals surface area contributed by atoms with Gasteiger partial charge in [0.05, 0.1) is 30.9 Å². The molecule has 10 heteroatoms. The van der Waals surface area contributed by atoms with Crippen LogP contribution in [0.4, 0.5) is 23.2 Å². The molecule has 174 valence electrons. The molecule has 3 rings (SSSR count). The predicted octanol–water partition coefficient (Wildman–Crippen LogP) is 4.11. The molecule has 0 amide bonds. The van der Waals surface area contributed by atoms with Crippen molar-refractivity contribution in [3.05, 3.63) is 58.9 Å². The summed E-state index contributed by atoms with van der Waals surface area (Å²) in [6.07, 6.45) is -4.99.